The first-order chi connectivity index (χ1) is 10.6. The van der Waals surface area contributed by atoms with Gasteiger partial charge in [-0.1, -0.05) is 30.3 Å². The zero-order chi connectivity index (χ0) is 15.5. The molecule has 0 aliphatic rings. The maximum absolute atomic E-state index is 12.3. The molecule has 114 valence electrons. The van der Waals surface area contributed by atoms with E-state index < -0.39 is 6.10 Å². The van der Waals surface area contributed by atoms with Crippen LogP contribution in [0.1, 0.15) is 28.6 Å². The Kier molecular flexibility index (Phi) is 4.22. The third-order valence-corrected chi connectivity index (χ3v) is 4.35. The molecular weight excluding hydrogens is 298 g/mol. The number of hydrogen-bond donors (Lipinski definition) is 1. The average molecular weight is 315 g/mol. The summed E-state index contributed by atoms with van der Waals surface area (Å²) in [6.07, 6.45) is 3.54. The molecule has 22 heavy (non-hydrogen) atoms. The van der Waals surface area contributed by atoms with Crippen molar-refractivity contribution in [3.63, 3.8) is 0 Å². The molecule has 5 nitrogen and oxygen atoms in total. The van der Waals surface area contributed by atoms with Crippen molar-refractivity contribution in [2.75, 3.05) is 13.6 Å². The van der Waals surface area contributed by atoms with Crippen LogP contribution in [-0.2, 0) is 0 Å². The first-order valence-electron chi connectivity index (χ1n) is 7.06. The molecule has 2 heterocycles. The van der Waals surface area contributed by atoms with E-state index in [2.05, 4.69) is 4.98 Å². The molecule has 1 N–H and O–H groups in total. The number of thiazole rings is 1. The van der Waals surface area contributed by atoms with Crippen molar-refractivity contribution >= 4 is 22.2 Å². The van der Waals surface area contributed by atoms with Gasteiger partial charge >= 0.3 is 0 Å². The first kappa shape index (κ1) is 14.7. The van der Waals surface area contributed by atoms with E-state index >= 15 is 0 Å². The third-order valence-electron chi connectivity index (χ3n) is 3.58. The SMILES string of the molecule is CN(CC[C@H](O)c1ccccc1)C(=O)c1cn2ccsc2n1. The largest absolute Gasteiger partial charge is 0.388 e. The molecule has 1 amide bonds. The molecule has 0 saturated carbocycles. The topological polar surface area (TPSA) is 57.8 Å². The highest BCUT2D eigenvalue weighted by Crippen LogP contribution is 2.17. The minimum absolute atomic E-state index is 0.129. The van der Waals surface area contributed by atoms with E-state index in [0.717, 1.165) is 10.5 Å². The first-order valence-corrected chi connectivity index (χ1v) is 7.94. The summed E-state index contributed by atoms with van der Waals surface area (Å²) in [7, 11) is 1.73. The van der Waals surface area contributed by atoms with E-state index in [4.69, 9.17) is 0 Å². The van der Waals surface area contributed by atoms with Gasteiger partial charge in [-0.05, 0) is 12.0 Å². The minimum Gasteiger partial charge on any atom is -0.388 e. The number of carbonyl (C=O) groups is 1. The van der Waals surface area contributed by atoms with Gasteiger partial charge in [-0.2, -0.15) is 0 Å². The number of fused-ring (bicyclic) bond motifs is 1. The molecule has 2 aromatic heterocycles. The summed E-state index contributed by atoms with van der Waals surface area (Å²) in [5.74, 6) is -0.129. The molecule has 6 heteroatoms. The third kappa shape index (κ3) is 3.03. The van der Waals surface area contributed by atoms with Gasteiger partial charge in [0.15, 0.2) is 4.96 Å². The minimum atomic E-state index is -0.568. The van der Waals surface area contributed by atoms with Crippen molar-refractivity contribution in [3.8, 4) is 0 Å². The van der Waals surface area contributed by atoms with Crippen LogP contribution in [0.25, 0.3) is 4.96 Å². The van der Waals surface area contributed by atoms with Crippen LogP contribution in [0.2, 0.25) is 0 Å². The van der Waals surface area contributed by atoms with Crippen molar-refractivity contribution in [1.82, 2.24) is 14.3 Å². The fourth-order valence-corrected chi connectivity index (χ4v) is 2.99. The summed E-state index contributed by atoms with van der Waals surface area (Å²) in [6.45, 7) is 0.472. The van der Waals surface area contributed by atoms with Crippen molar-refractivity contribution in [2.24, 2.45) is 0 Å². The van der Waals surface area contributed by atoms with Crippen molar-refractivity contribution in [2.45, 2.75) is 12.5 Å². The lowest BCUT2D eigenvalue weighted by Gasteiger charge is -2.18. The Morgan fingerprint density at radius 1 is 1.41 bits per heavy atom. The van der Waals surface area contributed by atoms with E-state index in [-0.39, 0.29) is 5.91 Å². The van der Waals surface area contributed by atoms with E-state index in [0.29, 0.717) is 18.7 Å². The van der Waals surface area contributed by atoms with Gasteiger partial charge in [-0.15, -0.1) is 11.3 Å². The normalized spacial score (nSPS) is 12.5. The van der Waals surface area contributed by atoms with Gasteiger partial charge in [-0.25, -0.2) is 4.98 Å². The molecule has 0 bridgehead atoms. The fraction of sp³-hybridized carbons (Fsp3) is 0.250. The van der Waals surface area contributed by atoms with Crippen molar-refractivity contribution < 1.29 is 9.90 Å². The summed E-state index contributed by atoms with van der Waals surface area (Å²) in [5.41, 5.74) is 1.30. The van der Waals surface area contributed by atoms with Crippen LogP contribution in [-0.4, -0.2) is 38.9 Å². The number of hydrogen-bond acceptors (Lipinski definition) is 4. The number of aromatic nitrogens is 2. The van der Waals surface area contributed by atoms with Gasteiger partial charge in [0.05, 0.1) is 6.10 Å². The van der Waals surface area contributed by atoms with Gasteiger partial charge in [0.2, 0.25) is 0 Å². The van der Waals surface area contributed by atoms with Gasteiger partial charge in [0.25, 0.3) is 5.91 Å². The van der Waals surface area contributed by atoms with E-state index in [1.807, 2.05) is 46.3 Å². The predicted molar refractivity (Wildman–Crippen MR) is 86.0 cm³/mol. The molecule has 1 aromatic carbocycles. The number of rotatable bonds is 5. The smallest absolute Gasteiger partial charge is 0.273 e. The van der Waals surface area contributed by atoms with Crippen LogP contribution in [0.3, 0.4) is 0 Å². The second-order valence-electron chi connectivity index (χ2n) is 5.16. The number of imidazole rings is 1. The van der Waals surface area contributed by atoms with E-state index in [1.54, 1.807) is 18.1 Å². The van der Waals surface area contributed by atoms with Crippen LogP contribution in [0, 0.1) is 0 Å². The summed E-state index contributed by atoms with van der Waals surface area (Å²) in [4.78, 5) is 19.0. The maximum atomic E-state index is 12.3. The maximum Gasteiger partial charge on any atom is 0.273 e. The molecular formula is C16H17N3O2S. The number of nitrogens with zero attached hydrogens (tertiary/aromatic N) is 3. The highest BCUT2D eigenvalue weighted by molar-refractivity contribution is 7.15. The van der Waals surface area contributed by atoms with Gasteiger partial charge < -0.3 is 10.0 Å². The lowest BCUT2D eigenvalue weighted by molar-refractivity contribution is 0.0756. The monoisotopic (exact) mass is 315 g/mol. The van der Waals surface area contributed by atoms with Crippen LogP contribution in [0.4, 0.5) is 0 Å². The Morgan fingerprint density at radius 2 is 2.18 bits per heavy atom. The standard InChI is InChI=1S/C16H17N3O2S/c1-18(8-7-14(20)12-5-3-2-4-6-12)15(21)13-11-19-9-10-22-16(19)17-13/h2-6,9-11,14,20H,7-8H2,1H3/t14-/m0/s1. The number of amides is 1. The van der Waals surface area contributed by atoms with Gasteiger partial charge in [0.1, 0.15) is 5.69 Å². The van der Waals surface area contributed by atoms with Gasteiger partial charge in [0, 0.05) is 31.4 Å². The van der Waals surface area contributed by atoms with Crippen molar-refractivity contribution in [3.05, 3.63) is 59.4 Å². The Hall–Kier alpha value is -2.18. The summed E-state index contributed by atoms with van der Waals surface area (Å²) >= 11 is 1.49. The predicted octanol–water partition coefficient (Wildman–Crippen LogP) is 2.59. The van der Waals surface area contributed by atoms with Gasteiger partial charge in [-0.3, -0.25) is 9.20 Å². The van der Waals surface area contributed by atoms with Crippen LogP contribution in [0.15, 0.2) is 48.1 Å². The van der Waals surface area contributed by atoms with Crippen LogP contribution < -0.4 is 0 Å². The molecule has 3 rings (SSSR count). The summed E-state index contributed by atoms with van der Waals surface area (Å²) in [5, 5.41) is 12.1. The molecule has 1 atom stereocenters. The van der Waals surface area contributed by atoms with E-state index in [9.17, 15) is 9.90 Å². The number of aliphatic hydroxyl groups excluding tert-OH is 1. The molecule has 0 aliphatic carbocycles. The molecule has 0 unspecified atom stereocenters. The molecule has 0 spiro atoms. The molecule has 0 fully saturated rings. The zero-order valence-electron chi connectivity index (χ0n) is 12.2. The molecule has 0 aliphatic heterocycles. The van der Waals surface area contributed by atoms with Crippen LogP contribution >= 0.6 is 11.3 Å². The fourth-order valence-electron chi connectivity index (χ4n) is 2.29. The molecule has 0 radical (unpaired) electrons. The number of benzene rings is 1. The average Bonchev–Trinajstić information content (AvgIpc) is 3.14. The highest BCUT2D eigenvalue weighted by Gasteiger charge is 2.17. The quantitative estimate of drug-likeness (QED) is 0.787. The lowest BCUT2D eigenvalue weighted by Crippen LogP contribution is -2.29. The summed E-state index contributed by atoms with van der Waals surface area (Å²) < 4.78 is 1.84. The summed E-state index contributed by atoms with van der Waals surface area (Å²) in [6, 6.07) is 9.47. The Morgan fingerprint density at radius 3 is 2.91 bits per heavy atom. The Labute approximate surface area is 132 Å². The number of carbonyl (C=O) groups excluding carboxylic acids is 1. The lowest BCUT2D eigenvalue weighted by atomic mass is 10.1. The second-order valence-corrected chi connectivity index (χ2v) is 6.03. The number of aliphatic hydroxyl groups is 1. The zero-order valence-corrected chi connectivity index (χ0v) is 13.0. The van der Waals surface area contributed by atoms with Crippen LogP contribution in [0.5, 0.6) is 0 Å². The van der Waals surface area contributed by atoms with E-state index in [1.165, 1.54) is 11.3 Å². The molecule has 0 saturated heterocycles. The highest BCUT2D eigenvalue weighted by atomic mass is 32.1. The second kappa shape index (κ2) is 6.29. The Balaban J connectivity index is 1.60. The molecule has 3 aromatic rings. The van der Waals surface area contributed by atoms with Crippen molar-refractivity contribution in [1.29, 1.82) is 0 Å². The Bertz CT molecular complexity index is 737.